The normalized spacial score (nSPS) is 14.6. The summed E-state index contributed by atoms with van der Waals surface area (Å²) in [7, 11) is 0. The Morgan fingerprint density at radius 1 is 1.17 bits per heavy atom. The second-order valence-corrected chi connectivity index (χ2v) is 5.79. The average molecular weight is 292 g/mol. The van der Waals surface area contributed by atoms with Gasteiger partial charge in [-0.25, -0.2) is 4.39 Å². The Kier molecular flexibility index (Phi) is 5.90. The molecule has 4 heteroatoms. The molecule has 0 aliphatic heterocycles. The molecular weight excluding hydrogens is 272 g/mol. The van der Waals surface area contributed by atoms with Crippen molar-refractivity contribution < 1.29 is 4.39 Å². The topological polar surface area (TPSA) is 26.0 Å². The van der Waals surface area contributed by atoms with Gasteiger partial charge in [-0.15, -0.1) is 0 Å². The Balaban J connectivity index is 2.80. The summed E-state index contributed by atoms with van der Waals surface area (Å²) in [5.41, 5.74) is 6.26. The Morgan fingerprint density at radius 3 is 2.44 bits per heavy atom. The molecule has 2 N–H and O–H groups in total. The fourth-order valence-electron chi connectivity index (χ4n) is 2.01. The zero-order chi connectivity index (χ0) is 13.8. The second-order valence-electron chi connectivity index (χ2n) is 4.97. The molecule has 0 saturated heterocycles. The molecule has 1 unspecified atom stereocenters. The average Bonchev–Trinajstić information content (AvgIpc) is 2.29. The van der Waals surface area contributed by atoms with E-state index in [9.17, 15) is 4.39 Å². The highest BCUT2D eigenvalue weighted by molar-refractivity contribution is 6.35. The maximum atomic E-state index is 13.5. The number of unbranched alkanes of at least 4 members (excludes halogenated alkanes) is 3. The summed E-state index contributed by atoms with van der Waals surface area (Å²) >= 11 is 11.8. The van der Waals surface area contributed by atoms with E-state index in [-0.39, 0.29) is 5.02 Å². The van der Waals surface area contributed by atoms with Gasteiger partial charge >= 0.3 is 0 Å². The molecule has 0 heterocycles. The highest BCUT2D eigenvalue weighted by Gasteiger charge is 2.24. The van der Waals surface area contributed by atoms with Gasteiger partial charge in [-0.05, 0) is 31.0 Å². The number of halogens is 3. The molecule has 1 rings (SSSR count). The van der Waals surface area contributed by atoms with E-state index in [4.69, 9.17) is 28.9 Å². The Labute approximate surface area is 118 Å². The number of nitrogens with two attached hydrogens (primary N) is 1. The Bertz CT molecular complexity index is 405. The van der Waals surface area contributed by atoms with Gasteiger partial charge in [0.2, 0.25) is 0 Å². The summed E-state index contributed by atoms with van der Waals surface area (Å²) in [5, 5.41) is 0.465. The highest BCUT2D eigenvalue weighted by atomic mass is 35.5. The summed E-state index contributed by atoms with van der Waals surface area (Å²) in [4.78, 5) is 0. The first kappa shape index (κ1) is 15.7. The summed E-state index contributed by atoms with van der Waals surface area (Å²) in [5.74, 6) is -0.471. The minimum Gasteiger partial charge on any atom is -0.322 e. The van der Waals surface area contributed by atoms with Gasteiger partial charge in [-0.1, -0.05) is 55.8 Å². The van der Waals surface area contributed by atoms with Crippen molar-refractivity contribution in [2.45, 2.75) is 51.5 Å². The van der Waals surface area contributed by atoms with Crippen LogP contribution < -0.4 is 5.73 Å². The van der Waals surface area contributed by atoms with Crippen LogP contribution in [0.1, 0.15) is 51.5 Å². The lowest BCUT2D eigenvalue weighted by molar-refractivity contribution is 0.422. The highest BCUT2D eigenvalue weighted by Crippen LogP contribution is 2.33. The van der Waals surface area contributed by atoms with Gasteiger partial charge in [0.15, 0.2) is 0 Å². The fourth-order valence-corrected chi connectivity index (χ4v) is 2.61. The molecule has 0 bridgehead atoms. The van der Waals surface area contributed by atoms with Gasteiger partial charge in [0.25, 0.3) is 0 Å². The molecule has 1 aromatic carbocycles. The van der Waals surface area contributed by atoms with E-state index in [1.54, 1.807) is 0 Å². The van der Waals surface area contributed by atoms with Crippen molar-refractivity contribution in [2.75, 3.05) is 0 Å². The summed E-state index contributed by atoms with van der Waals surface area (Å²) in [6.45, 7) is 4.04. The van der Waals surface area contributed by atoms with Crippen LogP contribution in [0.2, 0.25) is 10.0 Å². The van der Waals surface area contributed by atoms with Crippen molar-refractivity contribution in [1.82, 2.24) is 0 Å². The van der Waals surface area contributed by atoms with Crippen molar-refractivity contribution in [2.24, 2.45) is 5.73 Å². The molecule has 1 atom stereocenters. The van der Waals surface area contributed by atoms with Crippen LogP contribution in [-0.2, 0) is 5.54 Å². The Morgan fingerprint density at radius 2 is 1.83 bits per heavy atom. The van der Waals surface area contributed by atoms with Gasteiger partial charge in [0.05, 0.1) is 5.02 Å². The van der Waals surface area contributed by atoms with E-state index in [1.165, 1.54) is 25.0 Å². The molecule has 0 aromatic heterocycles. The third kappa shape index (κ3) is 4.11. The van der Waals surface area contributed by atoms with E-state index < -0.39 is 11.4 Å². The Hall–Kier alpha value is -0.310. The molecule has 102 valence electrons. The minimum absolute atomic E-state index is 0.0329. The largest absolute Gasteiger partial charge is 0.322 e. The number of hydrogen-bond donors (Lipinski definition) is 1. The van der Waals surface area contributed by atoms with E-state index in [2.05, 4.69) is 6.92 Å². The van der Waals surface area contributed by atoms with Crippen molar-refractivity contribution in [3.05, 3.63) is 33.6 Å². The van der Waals surface area contributed by atoms with Gasteiger partial charge < -0.3 is 5.73 Å². The van der Waals surface area contributed by atoms with Crippen LogP contribution in [0.3, 0.4) is 0 Å². The van der Waals surface area contributed by atoms with Gasteiger partial charge in [0, 0.05) is 10.6 Å². The molecular formula is C14H20Cl2FN. The lowest BCUT2D eigenvalue weighted by Crippen LogP contribution is -2.33. The third-order valence-corrected chi connectivity index (χ3v) is 3.78. The molecule has 1 aromatic rings. The fraction of sp³-hybridized carbons (Fsp3) is 0.571. The molecule has 0 radical (unpaired) electrons. The standard InChI is InChI=1S/C14H20Cl2FN/c1-3-4-5-6-7-14(2,18)10-8-13(17)12(16)9-11(10)15/h8-9H,3-7,18H2,1-2H3. The minimum atomic E-state index is -0.615. The number of hydrogen-bond acceptors (Lipinski definition) is 1. The monoisotopic (exact) mass is 291 g/mol. The molecule has 0 aliphatic rings. The van der Waals surface area contributed by atoms with Gasteiger partial charge in [0.1, 0.15) is 5.82 Å². The summed E-state index contributed by atoms with van der Waals surface area (Å²) < 4.78 is 13.5. The first-order chi connectivity index (χ1) is 8.38. The number of benzene rings is 1. The van der Waals surface area contributed by atoms with Crippen LogP contribution in [0.5, 0.6) is 0 Å². The SMILES string of the molecule is CCCCCCC(C)(N)c1cc(F)c(Cl)cc1Cl. The first-order valence-electron chi connectivity index (χ1n) is 6.32. The quantitative estimate of drug-likeness (QED) is 0.560. The second kappa shape index (κ2) is 6.74. The smallest absolute Gasteiger partial charge is 0.142 e. The van der Waals surface area contributed by atoms with Crippen molar-refractivity contribution >= 4 is 23.2 Å². The van der Waals surface area contributed by atoms with E-state index in [1.807, 2.05) is 6.92 Å². The maximum absolute atomic E-state index is 13.5. The van der Waals surface area contributed by atoms with Crippen LogP contribution in [0.25, 0.3) is 0 Å². The molecule has 0 fully saturated rings. The number of rotatable bonds is 6. The summed E-state index contributed by atoms with van der Waals surface area (Å²) in [6, 6.07) is 2.77. The molecule has 1 nitrogen and oxygen atoms in total. The molecule has 0 spiro atoms. The summed E-state index contributed by atoms with van der Waals surface area (Å²) in [6.07, 6.45) is 5.31. The van der Waals surface area contributed by atoms with Crippen LogP contribution in [0, 0.1) is 5.82 Å². The molecule has 0 saturated carbocycles. The van der Waals surface area contributed by atoms with Crippen molar-refractivity contribution in [3.8, 4) is 0 Å². The van der Waals surface area contributed by atoms with E-state index in [0.717, 1.165) is 19.3 Å². The predicted octanol–water partition coefficient (Wildman–Crippen LogP) is 5.28. The predicted molar refractivity (Wildman–Crippen MR) is 76.7 cm³/mol. The molecule has 0 amide bonds. The van der Waals surface area contributed by atoms with Gasteiger partial charge in [-0.3, -0.25) is 0 Å². The first-order valence-corrected chi connectivity index (χ1v) is 7.08. The van der Waals surface area contributed by atoms with E-state index >= 15 is 0 Å². The van der Waals surface area contributed by atoms with Crippen LogP contribution >= 0.6 is 23.2 Å². The van der Waals surface area contributed by atoms with E-state index in [0.29, 0.717) is 10.6 Å². The third-order valence-electron chi connectivity index (χ3n) is 3.17. The lowest BCUT2D eigenvalue weighted by Gasteiger charge is -2.26. The van der Waals surface area contributed by atoms with Crippen LogP contribution in [0.15, 0.2) is 12.1 Å². The van der Waals surface area contributed by atoms with Crippen molar-refractivity contribution in [1.29, 1.82) is 0 Å². The van der Waals surface area contributed by atoms with Crippen molar-refractivity contribution in [3.63, 3.8) is 0 Å². The van der Waals surface area contributed by atoms with Crippen LogP contribution in [-0.4, -0.2) is 0 Å². The molecule has 0 aliphatic carbocycles. The van der Waals surface area contributed by atoms with Crippen LogP contribution in [0.4, 0.5) is 4.39 Å². The zero-order valence-electron chi connectivity index (χ0n) is 10.9. The lowest BCUT2D eigenvalue weighted by atomic mass is 9.87. The molecule has 18 heavy (non-hydrogen) atoms. The van der Waals surface area contributed by atoms with Gasteiger partial charge in [-0.2, -0.15) is 0 Å². The zero-order valence-corrected chi connectivity index (χ0v) is 12.4. The maximum Gasteiger partial charge on any atom is 0.142 e.